The molecule has 0 atom stereocenters. The Labute approximate surface area is 357 Å². The molecule has 1 aliphatic rings. The van der Waals surface area contributed by atoms with Crippen LogP contribution in [0.15, 0.2) is 156 Å². The monoisotopic (exact) mass is 972 g/mol. The second-order valence-electron chi connectivity index (χ2n) is 11.8. The van der Waals surface area contributed by atoms with Crippen LogP contribution in [-0.2, 0) is 40.5 Å². The van der Waals surface area contributed by atoms with E-state index in [4.69, 9.17) is 0 Å². The fraction of sp³-hybridized carbons (Fsp3) is 0. The Hall–Kier alpha value is -4.58. The summed E-state index contributed by atoms with van der Waals surface area (Å²) in [7, 11) is -20.2. The first kappa shape index (κ1) is 45.0. The lowest BCUT2D eigenvalue weighted by Gasteiger charge is -2.18. The molecule has 8 bridgehead atoms. The molecule has 18 nitrogen and oxygen atoms in total. The van der Waals surface area contributed by atoms with E-state index in [0.717, 1.165) is 59.9 Å². The first-order chi connectivity index (χ1) is 27.9. The molecule has 6 aromatic rings. The van der Waals surface area contributed by atoms with E-state index >= 15 is 0 Å². The normalized spacial score (nSPS) is 13.2. The molecule has 8 N–H and O–H groups in total. The lowest BCUT2D eigenvalue weighted by atomic mass is 10.2. The van der Waals surface area contributed by atoms with Gasteiger partial charge in [-0.25, -0.2) is 0 Å². The van der Waals surface area contributed by atoms with Gasteiger partial charge in [0, 0.05) is 12.4 Å². The Kier molecular flexibility index (Phi) is 12.8. The van der Waals surface area contributed by atoms with Gasteiger partial charge >= 0.3 is 0 Å². The summed E-state index contributed by atoms with van der Waals surface area (Å²) >= 11 is 1.24. The predicted molar refractivity (Wildman–Crippen MR) is 216 cm³/mol. The maximum atomic E-state index is 12.2. The standard InChI is InChI=1S/C24H16O16S8.C10H8N2/c25-21-13-1-9(45(29,30)31)2-14(21)42-17-5-11(47(35,36)37)6-18(23(17)27)44-20-8-12(48(38,39)40)7-19(24(20)28)43-16-4-10(46(32,33)34)3-15(41-13)22(16)26;1-3-7-11-9(5-1)10-6-2-4-8-12-10/h1-8,25-28H,(H,29,30,31)(H,32,33,34)(H,35,36,37)(H,38,39,40);1-8H. The number of phenolic OH excluding ortho intramolecular Hbond substituents is 4. The molecule has 3 heterocycles. The average Bonchev–Trinajstić information content (AvgIpc) is 3.16. The average molecular weight is 973 g/mol. The third-order valence-electron chi connectivity index (χ3n) is 7.72. The van der Waals surface area contributed by atoms with Crippen molar-refractivity contribution in [2.24, 2.45) is 0 Å². The van der Waals surface area contributed by atoms with Crippen LogP contribution in [0.2, 0.25) is 0 Å². The largest absolute Gasteiger partial charge is 0.506 e. The first-order valence-corrected chi connectivity index (χ1v) is 24.8. The van der Waals surface area contributed by atoms with Crippen LogP contribution in [0, 0.1) is 0 Å². The van der Waals surface area contributed by atoms with E-state index in [-0.39, 0.29) is 0 Å². The molecule has 0 amide bonds. The van der Waals surface area contributed by atoms with Crippen LogP contribution in [0.4, 0.5) is 0 Å². The summed E-state index contributed by atoms with van der Waals surface area (Å²) in [4.78, 5) is 1.14. The minimum absolute atomic E-state index is 0.310. The second-order valence-corrected chi connectivity index (χ2v) is 21.8. The van der Waals surface area contributed by atoms with Crippen molar-refractivity contribution in [2.75, 3.05) is 0 Å². The van der Waals surface area contributed by atoms with Crippen molar-refractivity contribution in [1.82, 2.24) is 9.97 Å². The Morgan fingerprint density at radius 3 is 0.700 bits per heavy atom. The van der Waals surface area contributed by atoms with Crippen LogP contribution in [0.3, 0.4) is 0 Å². The van der Waals surface area contributed by atoms with Gasteiger partial charge in [0.25, 0.3) is 40.5 Å². The van der Waals surface area contributed by atoms with Gasteiger partial charge in [-0.1, -0.05) is 59.2 Å². The number of aromatic nitrogens is 2. The van der Waals surface area contributed by atoms with Gasteiger partial charge in [-0.2, -0.15) is 33.7 Å². The van der Waals surface area contributed by atoms with E-state index in [1.54, 1.807) is 12.4 Å². The summed E-state index contributed by atoms with van der Waals surface area (Å²) in [5, 5.41) is 44.6. The quantitative estimate of drug-likeness (QED) is 0.0847. The fourth-order valence-corrected chi connectivity index (χ4v) is 12.0. The predicted octanol–water partition coefficient (Wildman–Crippen LogP) is 6.56. The zero-order chi connectivity index (χ0) is 43.9. The van der Waals surface area contributed by atoms with Gasteiger partial charge in [0.15, 0.2) is 0 Å². The summed E-state index contributed by atoms with van der Waals surface area (Å²) in [5.41, 5.74) is 1.83. The molecule has 0 saturated heterocycles. The fourth-order valence-electron chi connectivity index (χ4n) is 4.95. The molecule has 0 fully saturated rings. The highest BCUT2D eigenvalue weighted by Gasteiger charge is 2.28. The first-order valence-electron chi connectivity index (χ1n) is 15.8. The van der Waals surface area contributed by atoms with Crippen molar-refractivity contribution < 1.29 is 72.3 Å². The number of benzene rings is 4. The van der Waals surface area contributed by atoms with Gasteiger partial charge in [0.05, 0.1) is 70.1 Å². The van der Waals surface area contributed by atoms with Crippen molar-refractivity contribution in [1.29, 1.82) is 0 Å². The van der Waals surface area contributed by atoms with Gasteiger partial charge in [-0.3, -0.25) is 28.2 Å². The number of fused-ring (bicyclic) bond motifs is 8. The van der Waals surface area contributed by atoms with Gasteiger partial charge in [-0.15, -0.1) is 0 Å². The maximum Gasteiger partial charge on any atom is 0.294 e. The molecule has 60 heavy (non-hydrogen) atoms. The minimum Gasteiger partial charge on any atom is -0.506 e. The zero-order valence-corrected chi connectivity index (χ0v) is 35.8. The van der Waals surface area contributed by atoms with Crippen molar-refractivity contribution >= 4 is 87.5 Å². The molecule has 7 rings (SSSR count). The molecule has 26 heteroatoms. The summed E-state index contributed by atoms with van der Waals surface area (Å²) in [6, 6.07) is 17.4. The molecule has 0 spiro atoms. The van der Waals surface area contributed by atoms with Crippen LogP contribution >= 0.6 is 47.0 Å². The van der Waals surface area contributed by atoms with Gasteiger partial charge in [0.2, 0.25) is 0 Å². The Balaban J connectivity index is 0.000000428. The molecule has 0 radical (unpaired) electrons. The van der Waals surface area contributed by atoms with Crippen LogP contribution in [0.5, 0.6) is 23.0 Å². The Morgan fingerprint density at radius 1 is 0.350 bits per heavy atom. The summed E-state index contributed by atoms with van der Waals surface area (Å²) in [6.07, 6.45) is 3.54. The summed E-state index contributed by atoms with van der Waals surface area (Å²) in [6.45, 7) is 0. The molecule has 2 aromatic heterocycles. The highest BCUT2D eigenvalue weighted by Crippen LogP contribution is 2.54. The number of phenols is 4. The number of hydrogen-bond donors (Lipinski definition) is 8. The summed E-state index contributed by atoms with van der Waals surface area (Å²) in [5.74, 6) is -3.16. The van der Waals surface area contributed by atoms with E-state index < -0.39 is 122 Å². The number of hydrogen-bond acceptors (Lipinski definition) is 18. The van der Waals surface area contributed by atoms with E-state index in [9.17, 15) is 72.3 Å². The van der Waals surface area contributed by atoms with E-state index in [1.165, 1.54) is 0 Å². The molecule has 314 valence electrons. The van der Waals surface area contributed by atoms with Crippen LogP contribution in [-0.4, -0.2) is 82.3 Å². The molecular formula is C34H24N2O16S8. The topological polar surface area (TPSA) is 324 Å². The van der Waals surface area contributed by atoms with Crippen LogP contribution < -0.4 is 0 Å². The number of aromatic hydroxyl groups is 4. The van der Waals surface area contributed by atoms with Crippen LogP contribution in [0.1, 0.15) is 0 Å². The van der Waals surface area contributed by atoms with Crippen molar-refractivity contribution in [2.45, 2.75) is 58.7 Å². The third kappa shape index (κ3) is 10.3. The van der Waals surface area contributed by atoms with Crippen molar-refractivity contribution in [3.8, 4) is 34.4 Å². The lowest BCUT2D eigenvalue weighted by Crippen LogP contribution is -2.01. The number of pyridine rings is 2. The maximum absolute atomic E-state index is 12.2. The van der Waals surface area contributed by atoms with E-state index in [2.05, 4.69) is 9.97 Å². The Bertz CT molecular complexity index is 2660. The van der Waals surface area contributed by atoms with Gasteiger partial charge in [-0.05, 0) is 72.8 Å². The molecule has 4 aromatic carbocycles. The van der Waals surface area contributed by atoms with Crippen molar-refractivity contribution in [3.63, 3.8) is 0 Å². The molecule has 0 unspecified atom stereocenters. The molecule has 0 aliphatic carbocycles. The second kappa shape index (κ2) is 17.1. The minimum atomic E-state index is -5.05. The Morgan fingerprint density at radius 2 is 0.550 bits per heavy atom. The number of nitrogens with zero attached hydrogens (tertiary/aromatic N) is 2. The highest BCUT2D eigenvalue weighted by atomic mass is 32.2. The SMILES string of the molecule is O=S(=O)(O)c1cc2c(O)c(c1)Sc1cc(S(=O)(=O)O)cc(c1O)Sc1cc(S(=O)(=O)O)cc(c1O)Sc1cc(S(=O)(=O)O)cc(c1O)S2.c1ccc(-c2ccccn2)nc1. The molecule has 0 saturated carbocycles. The molecule has 1 aliphatic heterocycles. The van der Waals surface area contributed by atoms with Gasteiger partial charge < -0.3 is 20.4 Å². The third-order valence-corrected chi connectivity index (χ3v) is 15.3. The smallest absolute Gasteiger partial charge is 0.294 e. The van der Waals surface area contributed by atoms with Crippen molar-refractivity contribution in [3.05, 3.63) is 97.3 Å². The van der Waals surface area contributed by atoms with E-state index in [1.807, 2.05) is 36.4 Å². The van der Waals surface area contributed by atoms with Gasteiger partial charge in [0.1, 0.15) is 23.0 Å². The highest BCUT2D eigenvalue weighted by molar-refractivity contribution is 8.01. The lowest BCUT2D eigenvalue weighted by molar-refractivity contribution is 0.442. The number of rotatable bonds is 5. The summed E-state index contributed by atoms with van der Waals surface area (Å²) < 4.78 is 137. The van der Waals surface area contributed by atoms with Crippen LogP contribution in [0.25, 0.3) is 11.4 Å². The molecular weight excluding hydrogens is 949 g/mol. The zero-order valence-electron chi connectivity index (χ0n) is 29.2. The van der Waals surface area contributed by atoms with E-state index in [0.29, 0.717) is 47.0 Å².